The van der Waals surface area contributed by atoms with E-state index in [0.29, 0.717) is 30.9 Å². The Morgan fingerprint density at radius 1 is 1.18 bits per heavy atom. The predicted octanol–water partition coefficient (Wildman–Crippen LogP) is 3.54. The van der Waals surface area contributed by atoms with Crippen molar-refractivity contribution in [1.82, 2.24) is 4.31 Å². The summed E-state index contributed by atoms with van der Waals surface area (Å²) in [5.74, 6) is -0.380. The molecular formula is C19H22FN3O4S. The molecule has 1 aliphatic rings. The maximum atomic E-state index is 13.5. The summed E-state index contributed by atoms with van der Waals surface area (Å²) < 4.78 is 40.3. The van der Waals surface area contributed by atoms with Gasteiger partial charge in [-0.1, -0.05) is 12.1 Å². The molecule has 28 heavy (non-hydrogen) atoms. The Hall–Kier alpha value is -2.52. The third-order valence-corrected chi connectivity index (χ3v) is 6.73. The lowest BCUT2D eigenvalue weighted by atomic mass is 10.1. The lowest BCUT2D eigenvalue weighted by Crippen LogP contribution is -2.28. The van der Waals surface area contributed by atoms with E-state index in [0.717, 1.165) is 18.9 Å². The van der Waals surface area contributed by atoms with E-state index in [2.05, 4.69) is 0 Å². The number of rotatable bonds is 7. The molecule has 0 atom stereocenters. The van der Waals surface area contributed by atoms with Crippen LogP contribution in [0.2, 0.25) is 0 Å². The first-order chi connectivity index (χ1) is 13.3. The van der Waals surface area contributed by atoms with Crippen molar-refractivity contribution in [2.45, 2.75) is 31.2 Å². The minimum Gasteiger partial charge on any atom is -0.362 e. The Kier molecular flexibility index (Phi) is 5.95. The van der Waals surface area contributed by atoms with Crippen molar-refractivity contribution >= 4 is 21.4 Å². The maximum Gasteiger partial charge on any atom is 0.293 e. The highest BCUT2D eigenvalue weighted by molar-refractivity contribution is 7.89. The van der Waals surface area contributed by atoms with Gasteiger partial charge in [0.25, 0.3) is 5.69 Å². The fraction of sp³-hybridized carbons (Fsp3) is 0.368. The van der Waals surface area contributed by atoms with Crippen LogP contribution in [0.3, 0.4) is 0 Å². The Morgan fingerprint density at radius 2 is 1.89 bits per heavy atom. The minimum atomic E-state index is -3.75. The highest BCUT2D eigenvalue weighted by Crippen LogP contribution is 2.33. The molecule has 1 heterocycles. The molecule has 0 aromatic heterocycles. The number of hydrogen-bond acceptors (Lipinski definition) is 5. The standard InChI is InChI=1S/C19H22FN3O4S/c1-2-21(14-15-6-5-7-16(20)12-15)18-9-8-17(13-19(18)23(24)25)28(26,27)22-10-3-4-11-22/h5-9,12-13H,2-4,10-11,14H2,1H3. The first-order valence-corrected chi connectivity index (χ1v) is 10.5. The van der Waals surface area contributed by atoms with E-state index in [1.807, 2.05) is 6.92 Å². The summed E-state index contributed by atoms with van der Waals surface area (Å²) in [7, 11) is -3.75. The zero-order valence-electron chi connectivity index (χ0n) is 15.5. The zero-order chi connectivity index (χ0) is 20.3. The molecule has 7 nitrogen and oxygen atoms in total. The molecule has 0 spiro atoms. The van der Waals surface area contributed by atoms with E-state index in [4.69, 9.17) is 0 Å². The summed E-state index contributed by atoms with van der Waals surface area (Å²) in [6.07, 6.45) is 1.58. The fourth-order valence-corrected chi connectivity index (χ4v) is 4.92. The third kappa shape index (κ3) is 4.15. The first-order valence-electron chi connectivity index (χ1n) is 9.11. The van der Waals surface area contributed by atoms with Crippen molar-refractivity contribution in [2.75, 3.05) is 24.5 Å². The molecule has 0 N–H and O–H groups in total. The van der Waals surface area contributed by atoms with E-state index in [-0.39, 0.29) is 22.9 Å². The van der Waals surface area contributed by atoms with Gasteiger partial charge in [0.05, 0.1) is 9.82 Å². The van der Waals surface area contributed by atoms with E-state index in [1.165, 1.54) is 28.6 Å². The Balaban J connectivity index is 1.97. The normalized spacial score (nSPS) is 14.9. The molecule has 0 amide bonds. The molecule has 0 unspecified atom stereocenters. The molecule has 1 fully saturated rings. The summed E-state index contributed by atoms with van der Waals surface area (Å²) in [5.41, 5.74) is 0.695. The van der Waals surface area contributed by atoms with E-state index in [9.17, 15) is 22.9 Å². The summed E-state index contributed by atoms with van der Waals surface area (Å²) in [6, 6.07) is 10.0. The second kappa shape index (κ2) is 8.24. The van der Waals surface area contributed by atoms with Crippen LogP contribution in [0, 0.1) is 15.9 Å². The molecular weight excluding hydrogens is 385 g/mol. The zero-order valence-corrected chi connectivity index (χ0v) is 16.4. The van der Waals surface area contributed by atoms with Crippen molar-refractivity contribution in [1.29, 1.82) is 0 Å². The van der Waals surface area contributed by atoms with Gasteiger partial charge in [0.1, 0.15) is 11.5 Å². The van der Waals surface area contributed by atoms with Crippen LogP contribution >= 0.6 is 0 Å². The van der Waals surface area contributed by atoms with Gasteiger partial charge < -0.3 is 4.90 Å². The molecule has 1 aliphatic heterocycles. The maximum absolute atomic E-state index is 13.5. The van der Waals surface area contributed by atoms with Crippen molar-refractivity contribution in [3.63, 3.8) is 0 Å². The van der Waals surface area contributed by atoms with E-state index in [1.54, 1.807) is 17.0 Å². The van der Waals surface area contributed by atoms with E-state index < -0.39 is 14.9 Å². The third-order valence-electron chi connectivity index (χ3n) is 4.83. The van der Waals surface area contributed by atoms with Crippen LogP contribution in [-0.4, -0.2) is 37.3 Å². The average Bonchev–Trinajstić information content (AvgIpc) is 3.21. The number of sulfonamides is 1. The van der Waals surface area contributed by atoms with Crippen LogP contribution in [0.15, 0.2) is 47.4 Å². The molecule has 0 bridgehead atoms. The van der Waals surface area contributed by atoms with Crippen LogP contribution < -0.4 is 4.90 Å². The van der Waals surface area contributed by atoms with Gasteiger partial charge in [-0.05, 0) is 49.6 Å². The molecule has 150 valence electrons. The number of anilines is 1. The predicted molar refractivity (Wildman–Crippen MR) is 104 cm³/mol. The van der Waals surface area contributed by atoms with Crippen molar-refractivity contribution in [3.05, 3.63) is 64.0 Å². The quantitative estimate of drug-likeness (QED) is 0.518. The monoisotopic (exact) mass is 407 g/mol. The highest BCUT2D eigenvalue weighted by atomic mass is 32.2. The van der Waals surface area contributed by atoms with Gasteiger partial charge >= 0.3 is 0 Å². The van der Waals surface area contributed by atoms with Gasteiger partial charge in [0, 0.05) is 32.2 Å². The second-order valence-electron chi connectivity index (χ2n) is 6.66. The largest absolute Gasteiger partial charge is 0.362 e. The van der Waals surface area contributed by atoms with Crippen molar-refractivity contribution < 1.29 is 17.7 Å². The lowest BCUT2D eigenvalue weighted by molar-refractivity contribution is -0.384. The molecule has 0 saturated carbocycles. The Labute approximate surface area is 163 Å². The highest BCUT2D eigenvalue weighted by Gasteiger charge is 2.30. The molecule has 0 aliphatic carbocycles. The number of nitro groups is 1. The Morgan fingerprint density at radius 3 is 2.50 bits per heavy atom. The number of nitrogens with zero attached hydrogens (tertiary/aromatic N) is 3. The topological polar surface area (TPSA) is 83.8 Å². The molecule has 0 radical (unpaired) electrons. The minimum absolute atomic E-state index is 0.0772. The van der Waals surface area contributed by atoms with Crippen molar-refractivity contribution in [2.24, 2.45) is 0 Å². The summed E-state index contributed by atoms with van der Waals surface area (Å²) in [6.45, 7) is 3.40. The summed E-state index contributed by atoms with van der Waals surface area (Å²) >= 11 is 0. The fourth-order valence-electron chi connectivity index (χ4n) is 3.38. The molecule has 2 aromatic carbocycles. The van der Waals surface area contributed by atoms with Crippen LogP contribution in [-0.2, 0) is 16.6 Å². The molecule has 1 saturated heterocycles. The second-order valence-corrected chi connectivity index (χ2v) is 8.60. The Bertz CT molecular complexity index is 975. The van der Waals surface area contributed by atoms with Gasteiger partial charge in [-0.3, -0.25) is 10.1 Å². The number of halogens is 1. The number of benzene rings is 2. The van der Waals surface area contributed by atoms with Gasteiger partial charge in [0.15, 0.2) is 0 Å². The van der Waals surface area contributed by atoms with Crippen LogP contribution in [0.1, 0.15) is 25.3 Å². The SMILES string of the molecule is CCN(Cc1cccc(F)c1)c1ccc(S(=O)(=O)N2CCCC2)cc1[N+](=O)[O-]. The summed E-state index contributed by atoms with van der Waals surface area (Å²) in [4.78, 5) is 12.7. The van der Waals surface area contributed by atoms with Crippen LogP contribution in [0.25, 0.3) is 0 Å². The summed E-state index contributed by atoms with van der Waals surface area (Å²) in [5, 5.41) is 11.7. The number of hydrogen-bond donors (Lipinski definition) is 0. The van der Waals surface area contributed by atoms with Gasteiger partial charge in [0.2, 0.25) is 10.0 Å². The van der Waals surface area contributed by atoms with Crippen LogP contribution in [0.5, 0.6) is 0 Å². The first kappa shape index (κ1) is 20.2. The molecule has 2 aromatic rings. The molecule has 9 heteroatoms. The lowest BCUT2D eigenvalue weighted by Gasteiger charge is -2.24. The van der Waals surface area contributed by atoms with Gasteiger partial charge in [-0.25, -0.2) is 12.8 Å². The molecule has 3 rings (SSSR count). The van der Waals surface area contributed by atoms with E-state index >= 15 is 0 Å². The average molecular weight is 407 g/mol. The van der Waals surface area contributed by atoms with Crippen molar-refractivity contribution in [3.8, 4) is 0 Å². The smallest absolute Gasteiger partial charge is 0.293 e. The van der Waals surface area contributed by atoms with Gasteiger partial charge in [-0.2, -0.15) is 4.31 Å². The van der Waals surface area contributed by atoms with Crippen LogP contribution in [0.4, 0.5) is 15.8 Å². The van der Waals surface area contributed by atoms with Gasteiger partial charge in [-0.15, -0.1) is 0 Å². The number of nitro benzene ring substituents is 1.